The fourth-order valence-corrected chi connectivity index (χ4v) is 3.83. The van der Waals surface area contributed by atoms with Crippen LogP contribution < -0.4 is 0 Å². The summed E-state index contributed by atoms with van der Waals surface area (Å²) in [7, 11) is -3.90. The van der Waals surface area contributed by atoms with E-state index in [-0.39, 0.29) is 12.2 Å². The number of phosphoric acid groups is 1. The van der Waals surface area contributed by atoms with E-state index in [0.717, 1.165) is 38.5 Å². The van der Waals surface area contributed by atoms with E-state index in [0.29, 0.717) is 0 Å². The predicted molar refractivity (Wildman–Crippen MR) is 77.1 cm³/mol. The summed E-state index contributed by atoms with van der Waals surface area (Å²) in [6.07, 6.45) is 9.91. The molecule has 0 aliphatic carbocycles. The third kappa shape index (κ3) is 7.45. The highest BCUT2D eigenvalue weighted by Crippen LogP contribution is 2.48. The summed E-state index contributed by atoms with van der Waals surface area (Å²) in [5, 5.41) is 0. The summed E-state index contributed by atoms with van der Waals surface area (Å²) in [6.45, 7) is 3.97. The molecule has 1 rings (SSSR count). The molecule has 2 atom stereocenters. The van der Waals surface area contributed by atoms with Crippen LogP contribution in [0, 0.1) is 0 Å². The fraction of sp³-hybridized carbons (Fsp3) is 1.00. The molecule has 1 N–H and O–H groups in total. The number of rotatable bonds is 2. The van der Waals surface area contributed by atoms with Gasteiger partial charge in [0, 0.05) is 0 Å². The van der Waals surface area contributed by atoms with Crippen LogP contribution in [-0.4, -0.2) is 17.1 Å². The fourth-order valence-electron chi connectivity index (χ4n) is 2.52. The Labute approximate surface area is 117 Å². The van der Waals surface area contributed by atoms with E-state index in [1.54, 1.807) is 0 Å². The lowest BCUT2D eigenvalue weighted by atomic mass is 10.0. The van der Waals surface area contributed by atoms with Gasteiger partial charge in [0.15, 0.2) is 0 Å². The van der Waals surface area contributed by atoms with Gasteiger partial charge in [0.25, 0.3) is 0 Å². The van der Waals surface area contributed by atoms with Crippen LogP contribution >= 0.6 is 7.82 Å². The van der Waals surface area contributed by atoms with Gasteiger partial charge >= 0.3 is 7.82 Å². The summed E-state index contributed by atoms with van der Waals surface area (Å²) in [6, 6.07) is 0. The third-order valence-electron chi connectivity index (χ3n) is 3.78. The van der Waals surface area contributed by atoms with Gasteiger partial charge in [0.05, 0.1) is 12.2 Å². The second-order valence-electron chi connectivity index (χ2n) is 5.44. The maximum atomic E-state index is 12.0. The largest absolute Gasteiger partial charge is 0.472 e. The van der Waals surface area contributed by atoms with Crippen molar-refractivity contribution in [3.8, 4) is 0 Å². The first-order valence-corrected chi connectivity index (χ1v) is 9.26. The quantitative estimate of drug-likeness (QED) is 0.742. The first-order valence-electron chi connectivity index (χ1n) is 7.77. The topological polar surface area (TPSA) is 55.8 Å². The highest BCUT2D eigenvalue weighted by atomic mass is 31.2. The van der Waals surface area contributed by atoms with Gasteiger partial charge in [0.1, 0.15) is 0 Å². The van der Waals surface area contributed by atoms with Crippen molar-refractivity contribution in [3.63, 3.8) is 0 Å². The molecule has 0 aromatic heterocycles. The molecule has 0 aromatic carbocycles. The molecule has 5 heteroatoms. The summed E-state index contributed by atoms with van der Waals surface area (Å²) in [5.74, 6) is 0. The Morgan fingerprint density at radius 3 is 1.63 bits per heavy atom. The average molecular weight is 292 g/mol. The van der Waals surface area contributed by atoms with E-state index in [2.05, 4.69) is 0 Å². The van der Waals surface area contributed by atoms with Gasteiger partial charge in [0.2, 0.25) is 0 Å². The Kier molecular flexibility index (Phi) is 8.24. The second kappa shape index (κ2) is 9.12. The predicted octanol–water partition coefficient (Wildman–Crippen LogP) is 4.81. The van der Waals surface area contributed by atoms with Gasteiger partial charge in [-0.1, -0.05) is 52.4 Å². The van der Waals surface area contributed by atoms with Gasteiger partial charge in [-0.2, -0.15) is 0 Å². The summed E-state index contributed by atoms with van der Waals surface area (Å²) in [5.41, 5.74) is 0. The molecule has 1 aliphatic heterocycles. The molecule has 4 nitrogen and oxygen atoms in total. The van der Waals surface area contributed by atoms with Gasteiger partial charge in [-0.3, -0.25) is 9.05 Å². The minimum absolute atomic E-state index is 0.158. The molecule has 1 saturated heterocycles. The Hall–Kier alpha value is 0.110. The maximum absolute atomic E-state index is 12.0. The maximum Gasteiger partial charge on any atom is 0.472 e. The second-order valence-corrected chi connectivity index (χ2v) is 6.80. The lowest BCUT2D eigenvalue weighted by molar-refractivity contribution is 0.0634. The molecule has 2 unspecified atom stereocenters. The number of phosphoric ester groups is 1. The molecule has 19 heavy (non-hydrogen) atoms. The SMILES string of the molecule is CCC1CCCCCCCCC(CC)OP(=O)(O)O1. The van der Waals surface area contributed by atoms with E-state index in [1.807, 2.05) is 13.8 Å². The van der Waals surface area contributed by atoms with Crippen LogP contribution in [-0.2, 0) is 13.6 Å². The van der Waals surface area contributed by atoms with Crippen LogP contribution in [0.15, 0.2) is 0 Å². The zero-order valence-corrected chi connectivity index (χ0v) is 13.2. The molecule has 0 bridgehead atoms. The molecule has 0 spiro atoms. The minimum atomic E-state index is -3.90. The zero-order valence-electron chi connectivity index (χ0n) is 12.3. The lowest BCUT2D eigenvalue weighted by Crippen LogP contribution is -2.15. The van der Waals surface area contributed by atoms with E-state index in [9.17, 15) is 9.46 Å². The molecule has 0 amide bonds. The normalized spacial score (nSPS) is 35.9. The molecule has 1 fully saturated rings. The van der Waals surface area contributed by atoms with Crippen molar-refractivity contribution in [1.29, 1.82) is 0 Å². The lowest BCUT2D eigenvalue weighted by Gasteiger charge is -2.23. The molecule has 0 aromatic rings. The first-order chi connectivity index (χ1) is 9.07. The molecular weight excluding hydrogens is 263 g/mol. The Bertz CT molecular complexity index is 259. The van der Waals surface area contributed by atoms with Gasteiger partial charge in [-0.25, -0.2) is 4.57 Å². The summed E-state index contributed by atoms with van der Waals surface area (Å²) >= 11 is 0. The minimum Gasteiger partial charge on any atom is -0.302 e. The highest BCUT2D eigenvalue weighted by Gasteiger charge is 2.29. The Balaban J connectivity index is 2.62. The molecular formula is C14H29O4P. The number of hydrogen-bond donors (Lipinski definition) is 1. The molecule has 0 radical (unpaired) electrons. The Morgan fingerprint density at radius 2 is 1.26 bits per heavy atom. The Morgan fingerprint density at radius 1 is 0.895 bits per heavy atom. The highest BCUT2D eigenvalue weighted by molar-refractivity contribution is 7.47. The summed E-state index contributed by atoms with van der Waals surface area (Å²) < 4.78 is 22.6. The van der Waals surface area contributed by atoms with E-state index < -0.39 is 7.82 Å². The molecule has 1 heterocycles. The van der Waals surface area contributed by atoms with Crippen LogP contribution in [0.25, 0.3) is 0 Å². The van der Waals surface area contributed by atoms with Crippen molar-refractivity contribution in [1.82, 2.24) is 0 Å². The van der Waals surface area contributed by atoms with Crippen LogP contribution in [0.4, 0.5) is 0 Å². The van der Waals surface area contributed by atoms with E-state index in [4.69, 9.17) is 9.05 Å². The van der Waals surface area contributed by atoms with Crippen LogP contribution in [0.3, 0.4) is 0 Å². The van der Waals surface area contributed by atoms with Crippen molar-refractivity contribution >= 4 is 7.82 Å². The average Bonchev–Trinajstić information content (AvgIpc) is 2.39. The van der Waals surface area contributed by atoms with Crippen LogP contribution in [0.5, 0.6) is 0 Å². The summed E-state index contributed by atoms with van der Waals surface area (Å²) in [4.78, 5) is 9.84. The smallest absolute Gasteiger partial charge is 0.302 e. The monoisotopic (exact) mass is 292 g/mol. The van der Waals surface area contributed by atoms with Crippen molar-refractivity contribution in [2.24, 2.45) is 0 Å². The molecule has 0 saturated carbocycles. The van der Waals surface area contributed by atoms with E-state index in [1.165, 1.54) is 25.7 Å². The van der Waals surface area contributed by atoms with Crippen molar-refractivity contribution < 1.29 is 18.5 Å². The third-order valence-corrected chi connectivity index (χ3v) is 4.91. The van der Waals surface area contributed by atoms with Crippen LogP contribution in [0.1, 0.15) is 78.1 Å². The van der Waals surface area contributed by atoms with E-state index >= 15 is 0 Å². The van der Waals surface area contributed by atoms with Gasteiger partial charge < -0.3 is 4.89 Å². The van der Waals surface area contributed by atoms with Gasteiger partial charge in [-0.15, -0.1) is 0 Å². The van der Waals surface area contributed by atoms with Crippen molar-refractivity contribution in [2.45, 2.75) is 90.3 Å². The first kappa shape index (κ1) is 17.2. The molecule has 114 valence electrons. The molecule has 1 aliphatic rings. The van der Waals surface area contributed by atoms with Crippen molar-refractivity contribution in [2.75, 3.05) is 0 Å². The van der Waals surface area contributed by atoms with Crippen LogP contribution in [0.2, 0.25) is 0 Å². The zero-order chi connectivity index (χ0) is 14.1. The standard InChI is InChI=1S/C14H29O4P/c1-3-13-11-9-7-5-6-8-10-12-14(4-2)18-19(15,16)17-13/h13-14H,3-12H2,1-2H3,(H,15,16). The van der Waals surface area contributed by atoms with Gasteiger partial charge in [-0.05, 0) is 25.7 Å². The number of hydrogen-bond acceptors (Lipinski definition) is 3. The van der Waals surface area contributed by atoms with Crippen molar-refractivity contribution in [3.05, 3.63) is 0 Å².